The van der Waals surface area contributed by atoms with Gasteiger partial charge in [-0.1, -0.05) is 48.9 Å². The highest BCUT2D eigenvalue weighted by Crippen LogP contribution is 2.25. The summed E-state index contributed by atoms with van der Waals surface area (Å²) >= 11 is 7.63. The number of pyridine rings is 1. The van der Waals surface area contributed by atoms with Gasteiger partial charge in [0.05, 0.1) is 22.3 Å². The van der Waals surface area contributed by atoms with E-state index in [0.29, 0.717) is 33.2 Å². The van der Waals surface area contributed by atoms with Crippen molar-refractivity contribution >= 4 is 51.6 Å². The monoisotopic (exact) mass is 573 g/mol. The molecule has 2 atom stereocenters. The second kappa shape index (κ2) is 12.2. The molecule has 2 unspecified atom stereocenters. The highest BCUT2D eigenvalue weighted by molar-refractivity contribution is 7.09. The van der Waals surface area contributed by atoms with Crippen LogP contribution in [0.15, 0.2) is 82.9 Å². The first-order valence-electron chi connectivity index (χ1n) is 12.5. The largest absolute Gasteiger partial charge is 0.434 e. The molecule has 3 heterocycles. The van der Waals surface area contributed by atoms with Gasteiger partial charge in [0.15, 0.2) is 5.58 Å². The first-order chi connectivity index (χ1) is 19.4. The number of amides is 2. The number of nitrogens with one attached hydrogen (secondary N) is 2. The van der Waals surface area contributed by atoms with Crippen LogP contribution in [0, 0.1) is 0 Å². The van der Waals surface area contributed by atoms with E-state index in [-0.39, 0.29) is 17.9 Å². The minimum Gasteiger partial charge on any atom is -0.434 e. The van der Waals surface area contributed by atoms with Gasteiger partial charge in [-0.2, -0.15) is 0 Å². The first-order valence-corrected chi connectivity index (χ1v) is 13.8. The molecule has 9 nitrogen and oxygen atoms in total. The molecule has 2 N–H and O–H groups in total. The lowest BCUT2D eigenvalue weighted by atomic mass is 10.1. The van der Waals surface area contributed by atoms with Crippen molar-refractivity contribution in [2.45, 2.75) is 31.8 Å². The van der Waals surface area contributed by atoms with Crippen LogP contribution in [0.5, 0.6) is 0 Å². The van der Waals surface area contributed by atoms with Crippen LogP contribution in [0.3, 0.4) is 0 Å². The molecule has 0 saturated carbocycles. The van der Waals surface area contributed by atoms with E-state index in [1.54, 1.807) is 61.0 Å². The molecule has 11 heteroatoms. The average Bonchev–Trinajstić information content (AvgIpc) is 3.65. The number of halogens is 1. The number of nitrogens with zero attached hydrogens (tertiary/aromatic N) is 3. The van der Waals surface area contributed by atoms with Gasteiger partial charge in [-0.3, -0.25) is 19.4 Å². The van der Waals surface area contributed by atoms with Crippen molar-refractivity contribution in [1.29, 1.82) is 0 Å². The lowest BCUT2D eigenvalue weighted by molar-refractivity contribution is -0.123. The minimum atomic E-state index is -0.993. The topological polar surface area (TPSA) is 127 Å². The smallest absolute Gasteiger partial charge is 0.266 e. The molecular weight excluding hydrogens is 550 g/mol. The molecular formula is C29H24ClN5O4S. The van der Waals surface area contributed by atoms with Crippen molar-refractivity contribution < 1.29 is 18.8 Å². The van der Waals surface area contributed by atoms with Gasteiger partial charge in [-0.15, -0.1) is 11.3 Å². The fraction of sp³-hybridized carbons (Fsp3) is 0.172. The molecule has 0 fully saturated rings. The number of oxazole rings is 1. The van der Waals surface area contributed by atoms with Crippen LogP contribution in [0.2, 0.25) is 5.02 Å². The molecule has 40 heavy (non-hydrogen) atoms. The second-order valence-corrected chi connectivity index (χ2v) is 10.3. The third-order valence-corrected chi connectivity index (χ3v) is 7.34. The van der Waals surface area contributed by atoms with Gasteiger partial charge in [-0.05, 0) is 36.8 Å². The summed E-state index contributed by atoms with van der Waals surface area (Å²) in [6.07, 6.45) is 3.50. The molecule has 0 radical (unpaired) electrons. The third kappa shape index (κ3) is 6.08. The van der Waals surface area contributed by atoms with Crippen molar-refractivity contribution in [2.75, 3.05) is 0 Å². The number of para-hydroxylation sites is 2. The Kier molecular flexibility index (Phi) is 8.28. The van der Waals surface area contributed by atoms with Crippen LogP contribution in [0.1, 0.15) is 39.4 Å². The Morgan fingerprint density at radius 3 is 2.48 bits per heavy atom. The van der Waals surface area contributed by atoms with Crippen LogP contribution < -0.4 is 10.6 Å². The van der Waals surface area contributed by atoms with Gasteiger partial charge in [-0.25, -0.2) is 9.97 Å². The van der Waals surface area contributed by atoms with Crippen molar-refractivity contribution in [3.63, 3.8) is 0 Å². The number of carbonyl (C=O) groups is 3. The highest BCUT2D eigenvalue weighted by atomic mass is 35.5. The Hall–Kier alpha value is -4.41. The molecule has 0 aliphatic carbocycles. The Labute approximate surface area is 238 Å². The minimum absolute atomic E-state index is 0.0847. The molecule has 5 aromatic rings. The van der Waals surface area contributed by atoms with E-state index in [0.717, 1.165) is 5.56 Å². The predicted octanol–water partition coefficient (Wildman–Crippen LogP) is 5.12. The van der Waals surface area contributed by atoms with Crippen molar-refractivity contribution in [1.82, 2.24) is 25.6 Å². The number of carbonyl (C=O) groups excluding carboxylic acids is 3. The summed E-state index contributed by atoms with van der Waals surface area (Å²) in [6, 6.07) is 15.7. The fourth-order valence-electron chi connectivity index (χ4n) is 4.09. The zero-order valence-corrected chi connectivity index (χ0v) is 22.9. The highest BCUT2D eigenvalue weighted by Gasteiger charge is 2.30. The maximum absolute atomic E-state index is 13.4. The molecule has 202 valence electrons. The molecule has 0 spiro atoms. The maximum Gasteiger partial charge on any atom is 0.266 e. The summed E-state index contributed by atoms with van der Waals surface area (Å²) in [4.78, 5) is 52.6. The van der Waals surface area contributed by atoms with E-state index in [2.05, 4.69) is 25.6 Å². The molecule has 0 aliphatic heterocycles. The molecule has 0 saturated heterocycles. The number of Topliss-reactive ketones (excluding diaryl/α,β-unsaturated/α-hetero) is 1. The van der Waals surface area contributed by atoms with Gasteiger partial charge in [0.1, 0.15) is 11.6 Å². The Morgan fingerprint density at radius 2 is 1.77 bits per heavy atom. The fourth-order valence-corrected chi connectivity index (χ4v) is 4.98. The average molecular weight is 574 g/mol. The van der Waals surface area contributed by atoms with E-state index in [9.17, 15) is 14.4 Å². The first kappa shape index (κ1) is 27.2. The molecule has 0 aliphatic rings. The number of hydrogen-bond donors (Lipinski definition) is 2. The van der Waals surface area contributed by atoms with Crippen molar-refractivity contribution in [2.24, 2.45) is 0 Å². The Balaban J connectivity index is 1.32. The predicted molar refractivity (Wildman–Crippen MR) is 152 cm³/mol. The van der Waals surface area contributed by atoms with Gasteiger partial charge in [0.25, 0.3) is 11.8 Å². The zero-order chi connectivity index (χ0) is 28.1. The molecule has 0 bridgehead atoms. The third-order valence-electron chi connectivity index (χ3n) is 6.21. The van der Waals surface area contributed by atoms with Crippen LogP contribution in [0.4, 0.5) is 0 Å². The van der Waals surface area contributed by atoms with Crippen LogP contribution >= 0.6 is 22.9 Å². The number of hydrogen-bond acceptors (Lipinski definition) is 8. The van der Waals surface area contributed by atoms with Crippen LogP contribution in [-0.2, 0) is 11.2 Å². The number of ketones is 1. The van der Waals surface area contributed by atoms with E-state index in [1.807, 2.05) is 18.2 Å². The van der Waals surface area contributed by atoms with Gasteiger partial charge < -0.3 is 15.1 Å². The van der Waals surface area contributed by atoms with Crippen LogP contribution in [-0.4, -0.2) is 44.6 Å². The van der Waals surface area contributed by atoms with E-state index in [4.69, 9.17) is 16.0 Å². The van der Waals surface area contributed by atoms with E-state index >= 15 is 0 Å². The Morgan fingerprint density at radius 1 is 0.975 bits per heavy atom. The molecule has 3 aromatic heterocycles. The van der Waals surface area contributed by atoms with Gasteiger partial charge in [0, 0.05) is 34.8 Å². The van der Waals surface area contributed by atoms with Crippen LogP contribution in [0.25, 0.3) is 22.4 Å². The number of aromatic nitrogens is 3. The summed E-state index contributed by atoms with van der Waals surface area (Å²) in [5.74, 6) is -1.56. The summed E-state index contributed by atoms with van der Waals surface area (Å²) in [5, 5.41) is 8.52. The summed E-state index contributed by atoms with van der Waals surface area (Å²) in [6.45, 7) is 1.77. The van der Waals surface area contributed by atoms with E-state index in [1.165, 1.54) is 17.5 Å². The summed E-state index contributed by atoms with van der Waals surface area (Å²) in [5.41, 5.74) is 2.65. The summed E-state index contributed by atoms with van der Waals surface area (Å²) in [7, 11) is 0. The number of thiazole rings is 1. The molecule has 2 amide bonds. The summed E-state index contributed by atoms with van der Waals surface area (Å²) < 4.78 is 5.61. The standard InChI is InChI=1S/C29H24ClN5O4S/c1-2-20(26(36)29-35-22-9-5-6-10-24(22)39-29)33-28(38)23(15-25-31-13-14-40-25)34-27(37)17-11-12-21(32-16-17)18-7-3-4-8-19(18)30/h3-14,16,20,23H,2,15H2,1H3,(H,33,38)(H,34,37). The molecule has 5 rings (SSSR count). The second-order valence-electron chi connectivity index (χ2n) is 8.89. The maximum atomic E-state index is 13.4. The molecule has 2 aromatic carbocycles. The van der Waals surface area contributed by atoms with Gasteiger partial charge in [0.2, 0.25) is 11.7 Å². The van der Waals surface area contributed by atoms with Crippen molar-refractivity contribution in [3.05, 3.63) is 99.9 Å². The number of rotatable bonds is 10. The number of benzene rings is 2. The van der Waals surface area contributed by atoms with Crippen molar-refractivity contribution in [3.8, 4) is 11.3 Å². The van der Waals surface area contributed by atoms with E-state index < -0.39 is 29.7 Å². The quantitative estimate of drug-likeness (QED) is 0.222. The lowest BCUT2D eigenvalue weighted by Gasteiger charge is -2.21. The lowest BCUT2D eigenvalue weighted by Crippen LogP contribution is -2.52. The number of fused-ring (bicyclic) bond motifs is 1. The van der Waals surface area contributed by atoms with Gasteiger partial charge >= 0.3 is 0 Å². The zero-order valence-electron chi connectivity index (χ0n) is 21.3. The Bertz CT molecular complexity index is 1620. The SMILES string of the molecule is CCC(NC(=O)C(Cc1nccs1)NC(=O)c1ccc(-c2ccccc2Cl)nc1)C(=O)c1nc2ccccc2o1. The normalized spacial score (nSPS) is 12.6.